The quantitative estimate of drug-likeness (QED) is 0.446. The molecule has 2 rings (SSSR count). The van der Waals surface area contributed by atoms with E-state index in [1.165, 1.54) is 13.3 Å². The first-order valence-corrected chi connectivity index (χ1v) is 5.96. The van der Waals surface area contributed by atoms with Crippen LogP contribution in [0, 0.1) is 0 Å². The molecular formula is C14H15N3O3. The van der Waals surface area contributed by atoms with Crippen LogP contribution >= 0.6 is 0 Å². The van der Waals surface area contributed by atoms with Crippen LogP contribution < -0.4 is 11.1 Å². The first-order valence-electron chi connectivity index (χ1n) is 5.96. The summed E-state index contributed by atoms with van der Waals surface area (Å²) in [4.78, 5) is 15.3. The molecule has 0 atom stereocenters. The number of nitrogens with one attached hydrogen (secondary N) is 1. The van der Waals surface area contributed by atoms with Gasteiger partial charge in [0.2, 0.25) is 0 Å². The fraction of sp³-hybridized carbons (Fsp3) is 0.143. The zero-order valence-electron chi connectivity index (χ0n) is 11.0. The smallest absolute Gasteiger partial charge is 0.356 e. The predicted molar refractivity (Wildman–Crippen MR) is 75.4 cm³/mol. The number of nitrogens with two attached hydrogens (primary N) is 1. The van der Waals surface area contributed by atoms with Crippen LogP contribution in [0.1, 0.15) is 16.1 Å². The molecule has 1 aromatic carbocycles. The van der Waals surface area contributed by atoms with Crippen molar-refractivity contribution in [3.8, 4) is 5.75 Å². The number of carbonyl (C=O) groups is 1. The van der Waals surface area contributed by atoms with Crippen LogP contribution in [-0.2, 0) is 11.3 Å². The van der Waals surface area contributed by atoms with E-state index in [0.29, 0.717) is 23.5 Å². The van der Waals surface area contributed by atoms with E-state index < -0.39 is 5.97 Å². The molecule has 0 aliphatic heterocycles. The van der Waals surface area contributed by atoms with Crippen LogP contribution in [0.2, 0.25) is 0 Å². The molecule has 0 saturated heterocycles. The van der Waals surface area contributed by atoms with Gasteiger partial charge < -0.3 is 20.9 Å². The Hall–Kier alpha value is -2.76. The van der Waals surface area contributed by atoms with Crippen LogP contribution in [-0.4, -0.2) is 23.2 Å². The fourth-order valence-corrected chi connectivity index (χ4v) is 1.70. The van der Waals surface area contributed by atoms with Crippen molar-refractivity contribution >= 4 is 17.3 Å². The number of rotatable bonds is 4. The first-order chi connectivity index (χ1) is 9.60. The van der Waals surface area contributed by atoms with Gasteiger partial charge in [0.05, 0.1) is 7.11 Å². The van der Waals surface area contributed by atoms with E-state index in [0.717, 1.165) is 0 Å². The van der Waals surface area contributed by atoms with Gasteiger partial charge >= 0.3 is 5.97 Å². The Bertz CT molecular complexity index is 629. The number of nitrogens with zero attached hydrogens (tertiary/aromatic N) is 1. The lowest BCUT2D eigenvalue weighted by atomic mass is 10.1. The zero-order valence-corrected chi connectivity index (χ0v) is 11.0. The van der Waals surface area contributed by atoms with Crippen LogP contribution in [0.4, 0.5) is 11.4 Å². The Balaban J connectivity index is 2.11. The lowest BCUT2D eigenvalue weighted by Gasteiger charge is -2.09. The lowest BCUT2D eigenvalue weighted by Crippen LogP contribution is -2.06. The van der Waals surface area contributed by atoms with E-state index in [1.54, 1.807) is 30.3 Å². The van der Waals surface area contributed by atoms with Crippen LogP contribution in [0.5, 0.6) is 5.75 Å². The normalized spacial score (nSPS) is 10.1. The number of hydrogen-bond donors (Lipinski definition) is 3. The van der Waals surface area contributed by atoms with Crippen LogP contribution in [0.25, 0.3) is 0 Å². The molecule has 0 aliphatic carbocycles. The third kappa shape index (κ3) is 3.17. The number of carbonyl (C=O) groups excluding carboxylic acids is 1. The van der Waals surface area contributed by atoms with Crippen molar-refractivity contribution < 1.29 is 14.6 Å². The minimum atomic E-state index is -0.500. The number of phenolic OH excluding ortho intramolecular Hbond substituents is 1. The molecule has 0 spiro atoms. The topological polar surface area (TPSA) is 97.5 Å². The number of pyridine rings is 1. The summed E-state index contributed by atoms with van der Waals surface area (Å²) >= 11 is 0. The van der Waals surface area contributed by atoms with Crippen LogP contribution in [0.3, 0.4) is 0 Å². The molecule has 20 heavy (non-hydrogen) atoms. The number of hydrogen-bond acceptors (Lipinski definition) is 6. The standard InChI is InChI=1S/C14H15N3O3/c1-20-14(19)12-7-11(4-5-16-12)17-8-9-6-10(15)2-3-13(9)18/h2-7,18H,8,15H2,1H3,(H,16,17). The second-order valence-corrected chi connectivity index (χ2v) is 4.16. The monoisotopic (exact) mass is 273 g/mol. The molecule has 0 amide bonds. The van der Waals surface area contributed by atoms with E-state index in [-0.39, 0.29) is 11.4 Å². The van der Waals surface area contributed by atoms with Gasteiger partial charge in [0, 0.05) is 29.7 Å². The second-order valence-electron chi connectivity index (χ2n) is 4.16. The van der Waals surface area contributed by atoms with Crippen molar-refractivity contribution in [3.63, 3.8) is 0 Å². The lowest BCUT2D eigenvalue weighted by molar-refractivity contribution is 0.0594. The number of esters is 1. The molecule has 104 valence electrons. The number of phenols is 1. The third-order valence-electron chi connectivity index (χ3n) is 2.74. The summed E-state index contributed by atoms with van der Waals surface area (Å²) in [5, 5.41) is 12.8. The first kappa shape index (κ1) is 13.7. The Labute approximate surface area is 116 Å². The molecule has 1 heterocycles. The maximum atomic E-state index is 11.4. The highest BCUT2D eigenvalue weighted by Crippen LogP contribution is 2.21. The summed E-state index contributed by atoms with van der Waals surface area (Å²) in [5.41, 5.74) is 7.82. The highest BCUT2D eigenvalue weighted by Gasteiger charge is 2.08. The maximum Gasteiger partial charge on any atom is 0.356 e. The number of benzene rings is 1. The Kier molecular flexibility index (Phi) is 4.05. The minimum Gasteiger partial charge on any atom is -0.508 e. The molecular weight excluding hydrogens is 258 g/mol. The van der Waals surface area contributed by atoms with E-state index in [2.05, 4.69) is 15.0 Å². The summed E-state index contributed by atoms with van der Waals surface area (Å²) < 4.78 is 4.60. The summed E-state index contributed by atoms with van der Waals surface area (Å²) in [6.45, 7) is 0.376. The molecule has 6 heteroatoms. The number of ether oxygens (including phenoxy) is 1. The Morgan fingerprint density at radius 3 is 2.95 bits per heavy atom. The van der Waals surface area contributed by atoms with E-state index in [4.69, 9.17) is 5.73 Å². The fourth-order valence-electron chi connectivity index (χ4n) is 1.70. The van der Waals surface area contributed by atoms with Crippen LogP contribution in [0.15, 0.2) is 36.5 Å². The average molecular weight is 273 g/mol. The predicted octanol–water partition coefficient (Wildman–Crippen LogP) is 1.77. The molecule has 1 aromatic heterocycles. The Morgan fingerprint density at radius 2 is 2.20 bits per heavy atom. The second kappa shape index (κ2) is 5.92. The number of anilines is 2. The van der Waals surface area contributed by atoms with Gasteiger partial charge in [-0.2, -0.15) is 0 Å². The van der Waals surface area contributed by atoms with Crippen molar-refractivity contribution in [2.45, 2.75) is 6.54 Å². The van der Waals surface area contributed by atoms with Crippen molar-refractivity contribution in [2.75, 3.05) is 18.2 Å². The summed E-state index contributed by atoms with van der Waals surface area (Å²) in [5.74, 6) is -0.339. The van der Waals surface area contributed by atoms with Gasteiger partial charge in [-0.15, -0.1) is 0 Å². The molecule has 0 radical (unpaired) electrons. The van der Waals surface area contributed by atoms with Gasteiger partial charge in [-0.05, 0) is 30.3 Å². The molecule has 0 bridgehead atoms. The van der Waals surface area contributed by atoms with Crippen molar-refractivity contribution in [1.82, 2.24) is 4.98 Å². The number of nitrogen functional groups attached to an aromatic ring is 1. The van der Waals surface area contributed by atoms with Crippen molar-refractivity contribution in [1.29, 1.82) is 0 Å². The van der Waals surface area contributed by atoms with E-state index in [9.17, 15) is 9.90 Å². The van der Waals surface area contributed by atoms with Gasteiger partial charge in [0.15, 0.2) is 0 Å². The SMILES string of the molecule is COC(=O)c1cc(NCc2cc(N)ccc2O)ccn1. The molecule has 0 aliphatic rings. The van der Waals surface area contributed by atoms with Gasteiger partial charge in [0.1, 0.15) is 11.4 Å². The van der Waals surface area contributed by atoms with Crippen molar-refractivity contribution in [3.05, 3.63) is 47.8 Å². The van der Waals surface area contributed by atoms with Gasteiger partial charge in [-0.1, -0.05) is 0 Å². The highest BCUT2D eigenvalue weighted by molar-refractivity contribution is 5.88. The Morgan fingerprint density at radius 1 is 1.40 bits per heavy atom. The largest absolute Gasteiger partial charge is 0.508 e. The van der Waals surface area contributed by atoms with E-state index in [1.807, 2.05) is 0 Å². The molecule has 0 unspecified atom stereocenters. The van der Waals surface area contributed by atoms with E-state index >= 15 is 0 Å². The number of aromatic nitrogens is 1. The van der Waals surface area contributed by atoms with Gasteiger partial charge in [-0.25, -0.2) is 9.78 Å². The van der Waals surface area contributed by atoms with Gasteiger partial charge in [-0.3, -0.25) is 0 Å². The molecule has 6 nitrogen and oxygen atoms in total. The molecule has 0 saturated carbocycles. The van der Waals surface area contributed by atoms with Gasteiger partial charge in [0.25, 0.3) is 0 Å². The highest BCUT2D eigenvalue weighted by atomic mass is 16.5. The molecule has 4 N–H and O–H groups in total. The summed E-state index contributed by atoms with van der Waals surface area (Å²) in [6, 6.07) is 8.15. The number of aromatic hydroxyl groups is 1. The average Bonchev–Trinajstić information content (AvgIpc) is 2.47. The maximum absolute atomic E-state index is 11.4. The number of methoxy groups -OCH3 is 1. The summed E-state index contributed by atoms with van der Waals surface area (Å²) in [6.07, 6.45) is 1.51. The zero-order chi connectivity index (χ0) is 14.5. The summed E-state index contributed by atoms with van der Waals surface area (Å²) in [7, 11) is 1.30. The van der Waals surface area contributed by atoms with Crippen molar-refractivity contribution in [2.24, 2.45) is 0 Å². The third-order valence-corrected chi connectivity index (χ3v) is 2.74. The molecule has 0 fully saturated rings. The minimum absolute atomic E-state index is 0.161. The molecule has 2 aromatic rings.